The molecule has 1 saturated carbocycles. The first kappa shape index (κ1) is 29.7. The van der Waals surface area contributed by atoms with Crippen LogP contribution in [0.3, 0.4) is 0 Å². The number of aromatic amines is 1. The number of carbonyl (C=O) groups is 2. The van der Waals surface area contributed by atoms with Crippen molar-refractivity contribution in [1.29, 1.82) is 0 Å². The van der Waals surface area contributed by atoms with Crippen molar-refractivity contribution >= 4 is 35.2 Å². The van der Waals surface area contributed by atoms with E-state index in [-0.39, 0.29) is 34.9 Å². The van der Waals surface area contributed by atoms with Gasteiger partial charge in [-0.1, -0.05) is 11.6 Å². The molecule has 222 valence electrons. The number of hydrazine groups is 1. The third kappa shape index (κ3) is 5.91. The Bertz CT molecular complexity index is 1440. The summed E-state index contributed by atoms with van der Waals surface area (Å²) in [5, 5.41) is 4.30. The predicted molar refractivity (Wildman–Crippen MR) is 151 cm³/mol. The fourth-order valence-corrected chi connectivity index (χ4v) is 6.71. The quantitative estimate of drug-likeness (QED) is 0.394. The average molecular weight is 611 g/mol. The highest BCUT2D eigenvalue weighted by Crippen LogP contribution is 2.52. The van der Waals surface area contributed by atoms with Gasteiger partial charge in [-0.2, -0.15) is 0 Å². The van der Waals surface area contributed by atoms with Crippen molar-refractivity contribution in [3.05, 3.63) is 49.9 Å². The van der Waals surface area contributed by atoms with Gasteiger partial charge < -0.3 is 19.8 Å². The third-order valence-electron chi connectivity index (χ3n) is 8.12. The van der Waals surface area contributed by atoms with Crippen LogP contribution in [-0.2, 0) is 11.3 Å². The monoisotopic (exact) mass is 610 g/mol. The second-order valence-corrected chi connectivity index (χ2v) is 12.4. The molecule has 41 heavy (non-hydrogen) atoms. The summed E-state index contributed by atoms with van der Waals surface area (Å²) in [6.45, 7) is 4.50. The van der Waals surface area contributed by atoms with Crippen molar-refractivity contribution < 1.29 is 27.8 Å². The minimum Gasteiger partial charge on any atom is -0.448 e. The Labute approximate surface area is 245 Å². The molecule has 2 aliphatic heterocycles. The molecule has 1 aromatic carbocycles. The van der Waals surface area contributed by atoms with E-state index in [4.69, 9.17) is 21.1 Å². The average Bonchev–Trinajstić information content (AvgIpc) is 3.28. The van der Waals surface area contributed by atoms with Gasteiger partial charge in [0.05, 0.1) is 18.1 Å². The molecule has 0 unspecified atom stereocenters. The lowest BCUT2D eigenvalue weighted by molar-refractivity contribution is -0.166. The first-order valence-electron chi connectivity index (χ1n) is 13.5. The zero-order chi connectivity index (χ0) is 29.7. The summed E-state index contributed by atoms with van der Waals surface area (Å²) >= 11 is 8.00. The Morgan fingerprint density at radius 1 is 1.15 bits per heavy atom. The lowest BCUT2D eigenvalue weighted by Gasteiger charge is -2.40. The van der Waals surface area contributed by atoms with Gasteiger partial charge in [-0.25, -0.2) is 13.8 Å². The Balaban J connectivity index is 1.23. The summed E-state index contributed by atoms with van der Waals surface area (Å²) in [6.07, 6.45) is 4.26. The summed E-state index contributed by atoms with van der Waals surface area (Å²) in [4.78, 5) is 41.8. The minimum absolute atomic E-state index is 0.0465. The fraction of sp³-hybridized carbons (Fsp3) is 0.536. The molecule has 3 heterocycles. The van der Waals surface area contributed by atoms with Gasteiger partial charge in [0.1, 0.15) is 0 Å². The van der Waals surface area contributed by atoms with Gasteiger partial charge in [0, 0.05) is 52.6 Å². The number of fused-ring (bicyclic) bond motifs is 1. The second-order valence-electron chi connectivity index (χ2n) is 11.2. The summed E-state index contributed by atoms with van der Waals surface area (Å²) in [6, 6.07) is 3.40. The number of thioether (sulfide) groups is 1. The molecule has 0 radical (unpaired) electrons. The Kier molecular flexibility index (Phi) is 8.03. The van der Waals surface area contributed by atoms with Crippen molar-refractivity contribution in [3.8, 4) is 11.5 Å². The Morgan fingerprint density at radius 2 is 1.80 bits per heavy atom. The Hall–Kier alpha value is -2.83. The minimum atomic E-state index is -2.75. The van der Waals surface area contributed by atoms with Gasteiger partial charge in [0.25, 0.3) is 23.2 Å². The second kappa shape index (κ2) is 11.1. The van der Waals surface area contributed by atoms with Crippen LogP contribution >= 0.6 is 23.4 Å². The van der Waals surface area contributed by atoms with Gasteiger partial charge in [-0.15, -0.1) is 11.8 Å². The number of nitrogens with zero attached hydrogens (tertiary/aromatic N) is 1. The van der Waals surface area contributed by atoms with Crippen molar-refractivity contribution in [3.63, 3.8) is 0 Å². The SMILES string of the molecule is CSc1cc(C)[nH]c(=O)c1CNC(=O)c1cc(Cl)c2c(c1C)O[C@@](C)([C@H]1CC[C@H](C(=O)NN3CC(F)(F)C3)CC1)O2. The number of rotatable bonds is 7. The van der Waals surface area contributed by atoms with E-state index < -0.39 is 30.7 Å². The number of hydrogen-bond acceptors (Lipinski definition) is 7. The number of alkyl halides is 2. The normalized spacial score (nSPS) is 25.0. The summed E-state index contributed by atoms with van der Waals surface area (Å²) in [5.41, 5.74) is 4.43. The van der Waals surface area contributed by atoms with E-state index in [2.05, 4.69) is 15.7 Å². The van der Waals surface area contributed by atoms with E-state index >= 15 is 0 Å². The van der Waals surface area contributed by atoms with Crippen molar-refractivity contribution in [2.45, 2.75) is 69.6 Å². The number of aryl methyl sites for hydroxylation is 1. The van der Waals surface area contributed by atoms with Crippen LogP contribution in [0.4, 0.5) is 8.78 Å². The number of hydrogen-bond donors (Lipinski definition) is 3. The van der Waals surface area contributed by atoms with Gasteiger partial charge in [-0.3, -0.25) is 19.8 Å². The van der Waals surface area contributed by atoms with Crippen LogP contribution in [0.25, 0.3) is 0 Å². The summed E-state index contributed by atoms with van der Waals surface area (Å²) in [5.74, 6) is -4.02. The van der Waals surface area contributed by atoms with Crippen molar-refractivity contribution in [2.24, 2.45) is 11.8 Å². The third-order valence-corrected chi connectivity index (χ3v) is 9.21. The highest BCUT2D eigenvalue weighted by atomic mass is 35.5. The zero-order valence-corrected chi connectivity index (χ0v) is 24.9. The van der Waals surface area contributed by atoms with Crippen molar-refractivity contribution in [2.75, 3.05) is 19.3 Å². The van der Waals surface area contributed by atoms with E-state index in [1.165, 1.54) is 22.8 Å². The number of nitrogens with one attached hydrogen (secondary N) is 3. The predicted octanol–water partition coefficient (Wildman–Crippen LogP) is 4.57. The van der Waals surface area contributed by atoms with E-state index in [0.29, 0.717) is 53.9 Å². The molecule has 3 N–H and O–H groups in total. The van der Waals surface area contributed by atoms with Crippen LogP contribution in [0.1, 0.15) is 59.8 Å². The van der Waals surface area contributed by atoms with Crippen LogP contribution in [-0.4, -0.2) is 52.9 Å². The maximum Gasteiger partial charge on any atom is 0.276 e. The molecule has 5 rings (SSSR count). The molecule has 1 aliphatic carbocycles. The topological polar surface area (TPSA) is 113 Å². The maximum absolute atomic E-state index is 13.2. The number of aromatic nitrogens is 1. The zero-order valence-electron chi connectivity index (χ0n) is 23.3. The molecule has 13 heteroatoms. The molecule has 9 nitrogen and oxygen atoms in total. The Morgan fingerprint density at radius 3 is 2.44 bits per heavy atom. The number of amides is 2. The summed E-state index contributed by atoms with van der Waals surface area (Å²) in [7, 11) is 0. The highest BCUT2D eigenvalue weighted by molar-refractivity contribution is 7.98. The molecular weight excluding hydrogens is 578 g/mol. The largest absolute Gasteiger partial charge is 0.448 e. The standard InChI is InChI=1S/C28H33ClF2N4O5S/c1-14-9-21(41-4)19(26(38)33-14)11-32-25(37)18-10-20(29)23-22(15(18)2)39-27(3,40-23)17-7-5-16(6-8-17)24(36)34-35-12-28(30,31)13-35/h9-10,16-17H,5-8,11-13H2,1-4H3,(H,32,37)(H,33,38)(H,34,36)/t16-,17-,27-/m1/s1. The lowest BCUT2D eigenvalue weighted by Crippen LogP contribution is -2.63. The first-order chi connectivity index (χ1) is 19.3. The molecule has 2 amide bonds. The molecule has 1 atom stereocenters. The van der Waals surface area contributed by atoms with E-state index in [9.17, 15) is 23.2 Å². The van der Waals surface area contributed by atoms with Crippen LogP contribution in [0.2, 0.25) is 5.02 Å². The van der Waals surface area contributed by atoms with Gasteiger partial charge >= 0.3 is 0 Å². The number of halogens is 3. The number of H-pyrrole nitrogens is 1. The number of carbonyl (C=O) groups excluding carboxylic acids is 2. The number of benzene rings is 1. The first-order valence-corrected chi connectivity index (χ1v) is 15.1. The lowest BCUT2D eigenvalue weighted by atomic mass is 9.78. The molecular formula is C28H33ClF2N4O5S. The molecule has 2 aromatic rings. The smallest absolute Gasteiger partial charge is 0.276 e. The molecule has 1 saturated heterocycles. The van der Waals surface area contributed by atoms with Crippen LogP contribution in [0, 0.1) is 25.7 Å². The highest BCUT2D eigenvalue weighted by Gasteiger charge is 2.49. The summed E-state index contributed by atoms with van der Waals surface area (Å²) < 4.78 is 38.8. The van der Waals surface area contributed by atoms with Gasteiger partial charge in [0.15, 0.2) is 11.5 Å². The molecule has 0 spiro atoms. The van der Waals surface area contributed by atoms with Crippen molar-refractivity contribution in [1.82, 2.24) is 20.7 Å². The van der Waals surface area contributed by atoms with Crippen LogP contribution in [0.15, 0.2) is 21.8 Å². The number of ether oxygens (including phenoxy) is 2. The fourth-order valence-electron chi connectivity index (χ4n) is 5.77. The van der Waals surface area contributed by atoms with Crippen LogP contribution < -0.4 is 25.8 Å². The molecule has 0 bridgehead atoms. The van der Waals surface area contributed by atoms with E-state index in [0.717, 1.165) is 10.6 Å². The molecule has 1 aromatic heterocycles. The van der Waals surface area contributed by atoms with E-state index in [1.807, 2.05) is 19.2 Å². The maximum atomic E-state index is 13.2. The van der Waals surface area contributed by atoms with E-state index in [1.54, 1.807) is 13.8 Å². The number of pyridine rings is 1. The van der Waals surface area contributed by atoms with Gasteiger partial charge in [-0.05, 0) is 57.9 Å². The van der Waals surface area contributed by atoms with Gasteiger partial charge in [0.2, 0.25) is 5.91 Å². The van der Waals surface area contributed by atoms with Crippen LogP contribution in [0.5, 0.6) is 11.5 Å². The molecule has 3 aliphatic rings. The molecule has 2 fully saturated rings.